The van der Waals surface area contributed by atoms with Gasteiger partial charge < -0.3 is 45.5 Å². The molecule has 3 fully saturated rings. The molecule has 0 unspecified atom stereocenters. The summed E-state index contributed by atoms with van der Waals surface area (Å²) in [4.78, 5) is 16.6. The third-order valence-corrected chi connectivity index (χ3v) is 6.62. The van der Waals surface area contributed by atoms with Gasteiger partial charge in [0.15, 0.2) is 0 Å². The number of carbonyl (C=O) groups is 1. The van der Waals surface area contributed by atoms with Crippen LogP contribution in [0.3, 0.4) is 0 Å². The Kier molecular flexibility index (Phi) is 6.99. The van der Waals surface area contributed by atoms with E-state index in [2.05, 4.69) is 20.9 Å². The summed E-state index contributed by atoms with van der Waals surface area (Å²) in [5, 5.41) is 41.6. The number of amides is 1. The zero-order valence-electron chi connectivity index (χ0n) is 18.6. The first-order valence-corrected chi connectivity index (χ1v) is 11.0. The van der Waals surface area contributed by atoms with Gasteiger partial charge in [-0.25, -0.2) is 4.39 Å². The molecule has 11 nitrogen and oxygen atoms in total. The van der Waals surface area contributed by atoms with Gasteiger partial charge in [0.05, 0.1) is 43.0 Å². The number of halogens is 1. The van der Waals surface area contributed by atoms with Crippen LogP contribution in [0.15, 0.2) is 18.3 Å². The fourth-order valence-electron chi connectivity index (χ4n) is 4.94. The normalized spacial score (nSPS) is 42.8. The van der Waals surface area contributed by atoms with E-state index >= 15 is 0 Å². The number of hydrogen-bond acceptors (Lipinski definition) is 10. The molecule has 1 aromatic heterocycles. The summed E-state index contributed by atoms with van der Waals surface area (Å²) >= 11 is 0. The minimum Gasteiger partial charge on any atom is -0.390 e. The predicted octanol–water partition coefficient (Wildman–Crippen LogP) is -2.23. The first-order chi connectivity index (χ1) is 15.7. The Bertz CT molecular complexity index is 848. The van der Waals surface area contributed by atoms with Crippen LogP contribution >= 0.6 is 0 Å². The molecule has 10 atom stereocenters. The Morgan fingerprint density at radius 2 is 1.91 bits per heavy atom. The molecule has 3 heterocycles. The molecule has 12 heteroatoms. The van der Waals surface area contributed by atoms with E-state index in [9.17, 15) is 24.5 Å². The molecular weight excluding hydrogens is 439 g/mol. The van der Waals surface area contributed by atoms with Crippen LogP contribution in [0, 0.1) is 5.82 Å². The van der Waals surface area contributed by atoms with E-state index < -0.39 is 72.4 Å². The molecule has 4 rings (SSSR count). The van der Waals surface area contributed by atoms with Crippen molar-refractivity contribution in [1.29, 1.82) is 0 Å². The first kappa shape index (κ1) is 24.4. The van der Waals surface area contributed by atoms with Gasteiger partial charge in [-0.2, -0.15) is 0 Å². The highest BCUT2D eigenvalue weighted by Gasteiger charge is 2.63. The maximum Gasteiger partial charge on any atom is 0.239 e. The fraction of sp³-hybridized carbons (Fsp3) is 0.714. The first-order valence-electron chi connectivity index (χ1n) is 11.0. The monoisotopic (exact) mass is 470 g/mol. The third kappa shape index (κ3) is 4.49. The van der Waals surface area contributed by atoms with Crippen LogP contribution in [0.2, 0.25) is 0 Å². The highest BCUT2D eigenvalue weighted by Crippen LogP contribution is 2.41. The zero-order valence-corrected chi connectivity index (χ0v) is 18.6. The lowest BCUT2D eigenvalue weighted by atomic mass is 9.79. The van der Waals surface area contributed by atoms with Gasteiger partial charge in [0, 0.05) is 5.69 Å². The number of pyridine rings is 1. The Balaban J connectivity index is 1.55. The summed E-state index contributed by atoms with van der Waals surface area (Å²) in [7, 11) is 3.24. The molecule has 1 amide bonds. The molecule has 1 saturated carbocycles. The van der Waals surface area contributed by atoms with Gasteiger partial charge in [-0.05, 0) is 39.6 Å². The molecule has 0 radical (unpaired) electrons. The van der Waals surface area contributed by atoms with Crippen LogP contribution in [0.25, 0.3) is 0 Å². The Hall–Kier alpha value is -1.77. The van der Waals surface area contributed by atoms with E-state index in [-0.39, 0.29) is 12.8 Å². The van der Waals surface area contributed by atoms with E-state index in [0.717, 1.165) is 6.20 Å². The number of aliphatic hydroxyl groups excluding tert-OH is 2. The number of hydrogen-bond donors (Lipinski definition) is 6. The molecule has 0 spiro atoms. The number of aliphatic hydroxyl groups is 3. The second-order valence-electron chi connectivity index (χ2n) is 8.82. The van der Waals surface area contributed by atoms with Crippen molar-refractivity contribution < 1.29 is 38.7 Å². The predicted molar refractivity (Wildman–Crippen MR) is 111 cm³/mol. The molecule has 2 aliphatic heterocycles. The highest BCUT2D eigenvalue weighted by atomic mass is 19.1. The molecule has 184 valence electrons. The van der Waals surface area contributed by atoms with Gasteiger partial charge in [0.1, 0.15) is 24.1 Å². The minimum atomic E-state index is -2.07. The quantitative estimate of drug-likeness (QED) is 0.279. The second-order valence-corrected chi connectivity index (χ2v) is 8.82. The topological polar surface area (TPSA) is 154 Å². The number of aromatic nitrogens is 1. The highest BCUT2D eigenvalue weighted by molar-refractivity contribution is 5.78. The SMILES string of the molecule is CN[C@@H]1[C@H](O)[C@H](NC)[C@H]2O[C@]3(O)[C@H](O[C@@H]2[C@H]1O)O[C@H](C)C[C@H]3NC(=O)Cc1ccc(F)cn1. The number of nitrogens with one attached hydrogen (secondary N) is 3. The van der Waals surface area contributed by atoms with Crippen LogP contribution < -0.4 is 16.0 Å². The smallest absolute Gasteiger partial charge is 0.239 e. The van der Waals surface area contributed by atoms with Gasteiger partial charge in [-0.3, -0.25) is 9.78 Å². The van der Waals surface area contributed by atoms with Crippen molar-refractivity contribution in [3.8, 4) is 0 Å². The number of nitrogens with zero attached hydrogens (tertiary/aromatic N) is 1. The third-order valence-electron chi connectivity index (χ3n) is 6.62. The molecular formula is C21H31FN4O7. The largest absolute Gasteiger partial charge is 0.390 e. The van der Waals surface area contributed by atoms with Gasteiger partial charge in [0.2, 0.25) is 18.0 Å². The van der Waals surface area contributed by atoms with E-state index in [1.165, 1.54) is 12.1 Å². The molecule has 0 bridgehead atoms. The second kappa shape index (κ2) is 9.47. The van der Waals surface area contributed by atoms with Crippen LogP contribution in [-0.4, -0.2) is 101 Å². The average molecular weight is 470 g/mol. The summed E-state index contributed by atoms with van der Waals surface area (Å²) in [5.41, 5.74) is 0.366. The zero-order chi connectivity index (χ0) is 23.9. The van der Waals surface area contributed by atoms with Crippen molar-refractivity contribution in [2.45, 2.75) is 80.5 Å². The van der Waals surface area contributed by atoms with E-state index in [4.69, 9.17) is 14.2 Å². The van der Waals surface area contributed by atoms with Crippen molar-refractivity contribution in [1.82, 2.24) is 20.9 Å². The Labute approximate surface area is 190 Å². The van der Waals surface area contributed by atoms with Gasteiger partial charge in [-0.1, -0.05) is 0 Å². The standard InChI is InChI=1S/C21H31FN4O7/c1-9-6-12(26-13(27)7-11-5-4-10(22)8-25-11)21(30)20(31-9)32-19-17(29)14(23-2)16(28)15(24-3)18(19)33-21/h4-5,8-9,12,14-20,23-24,28-30H,6-7H2,1-3H3,(H,26,27)/t9-,12-,14-,15+,16+,17+,18-,19-,20+,21+/m1/s1. The van der Waals surface area contributed by atoms with Crippen molar-refractivity contribution in [3.63, 3.8) is 0 Å². The van der Waals surface area contributed by atoms with Crippen LogP contribution in [0.5, 0.6) is 0 Å². The lowest BCUT2D eigenvalue weighted by Gasteiger charge is -2.58. The van der Waals surface area contributed by atoms with Crippen LogP contribution in [-0.2, 0) is 25.4 Å². The lowest BCUT2D eigenvalue weighted by Crippen LogP contribution is -2.79. The molecule has 33 heavy (non-hydrogen) atoms. The van der Waals surface area contributed by atoms with Crippen molar-refractivity contribution in [3.05, 3.63) is 29.8 Å². The summed E-state index contributed by atoms with van der Waals surface area (Å²) in [6.45, 7) is 1.77. The molecule has 2 saturated heterocycles. The summed E-state index contributed by atoms with van der Waals surface area (Å²) in [5.74, 6) is -3.02. The number of fused-ring (bicyclic) bond motifs is 2. The molecule has 1 aliphatic carbocycles. The van der Waals surface area contributed by atoms with Crippen LogP contribution in [0.4, 0.5) is 4.39 Å². The number of carbonyl (C=O) groups excluding carboxylic acids is 1. The Morgan fingerprint density at radius 3 is 2.55 bits per heavy atom. The summed E-state index contributed by atoms with van der Waals surface area (Å²) < 4.78 is 30.9. The molecule has 3 aliphatic rings. The number of ether oxygens (including phenoxy) is 3. The minimum absolute atomic E-state index is 0.125. The van der Waals surface area contributed by atoms with E-state index in [0.29, 0.717) is 5.69 Å². The number of rotatable bonds is 5. The van der Waals surface area contributed by atoms with Gasteiger partial charge >= 0.3 is 0 Å². The average Bonchev–Trinajstić information content (AvgIpc) is 2.76. The molecule has 6 N–H and O–H groups in total. The summed E-state index contributed by atoms with van der Waals surface area (Å²) in [6.07, 6.45) is -4.56. The summed E-state index contributed by atoms with van der Waals surface area (Å²) in [6, 6.07) is 0.334. The number of likely N-dealkylation sites (N-methyl/N-ethyl adjacent to an activating group) is 2. The molecule has 0 aromatic carbocycles. The fourth-order valence-corrected chi connectivity index (χ4v) is 4.94. The van der Waals surface area contributed by atoms with Crippen LogP contribution in [0.1, 0.15) is 19.0 Å². The van der Waals surface area contributed by atoms with Gasteiger partial charge in [0.25, 0.3) is 0 Å². The molecule has 1 aromatic rings. The van der Waals surface area contributed by atoms with Gasteiger partial charge in [-0.15, -0.1) is 0 Å². The van der Waals surface area contributed by atoms with Crippen molar-refractivity contribution >= 4 is 5.91 Å². The Morgan fingerprint density at radius 1 is 1.18 bits per heavy atom. The van der Waals surface area contributed by atoms with E-state index in [1.54, 1.807) is 21.0 Å². The maximum atomic E-state index is 13.1. The van der Waals surface area contributed by atoms with Crippen molar-refractivity contribution in [2.75, 3.05) is 14.1 Å². The van der Waals surface area contributed by atoms with Crippen molar-refractivity contribution in [2.24, 2.45) is 0 Å². The maximum absolute atomic E-state index is 13.1. The van der Waals surface area contributed by atoms with E-state index in [1.807, 2.05) is 0 Å². The lowest BCUT2D eigenvalue weighted by molar-refractivity contribution is -0.449.